The second-order valence-electron chi connectivity index (χ2n) is 10.3. The molecule has 1 unspecified atom stereocenters. The van der Waals surface area contributed by atoms with Gasteiger partial charge >= 0.3 is 0 Å². The Morgan fingerprint density at radius 1 is 0.976 bits per heavy atom. The highest BCUT2D eigenvalue weighted by Gasteiger charge is 2.24. The third-order valence-electron chi connectivity index (χ3n) is 6.86. The van der Waals surface area contributed by atoms with E-state index in [1.165, 1.54) is 0 Å². The van der Waals surface area contributed by atoms with E-state index < -0.39 is 16.1 Å². The van der Waals surface area contributed by atoms with E-state index in [0.29, 0.717) is 31.9 Å². The highest BCUT2D eigenvalue weighted by Crippen LogP contribution is 2.26. The number of nitrogens with zero attached hydrogens (tertiary/aromatic N) is 3. The number of carbonyl (C=O) groups excluding carboxylic acids is 1. The number of carbonyl (C=O) groups is 1. The molecule has 3 aromatic carbocycles. The summed E-state index contributed by atoms with van der Waals surface area (Å²) >= 11 is 1.63. The van der Waals surface area contributed by atoms with Crippen molar-refractivity contribution >= 4 is 43.2 Å². The van der Waals surface area contributed by atoms with E-state index in [-0.39, 0.29) is 12.5 Å². The Labute approximate surface area is 245 Å². The van der Waals surface area contributed by atoms with Gasteiger partial charge in [0.05, 0.1) is 34.1 Å². The van der Waals surface area contributed by atoms with Crippen molar-refractivity contribution in [2.24, 2.45) is 0 Å². The van der Waals surface area contributed by atoms with Crippen LogP contribution in [-0.2, 0) is 14.8 Å². The van der Waals surface area contributed by atoms with Crippen LogP contribution in [0, 0.1) is 6.92 Å². The van der Waals surface area contributed by atoms with E-state index in [4.69, 9.17) is 4.74 Å². The van der Waals surface area contributed by atoms with Crippen LogP contribution in [0.2, 0.25) is 0 Å². The van der Waals surface area contributed by atoms with Crippen molar-refractivity contribution in [2.45, 2.75) is 13.0 Å². The van der Waals surface area contributed by atoms with Crippen LogP contribution in [-0.4, -0.2) is 87.3 Å². The van der Waals surface area contributed by atoms with Crippen LogP contribution < -0.4 is 14.8 Å². The molecule has 1 aliphatic heterocycles. The predicted octanol–water partition coefficient (Wildman–Crippen LogP) is 3.82. The maximum atomic E-state index is 12.8. The molecule has 0 spiro atoms. The number of benzene rings is 3. The van der Waals surface area contributed by atoms with Crippen LogP contribution in [0.1, 0.15) is 5.01 Å². The van der Waals surface area contributed by atoms with E-state index in [1.54, 1.807) is 11.3 Å². The highest BCUT2D eigenvalue weighted by atomic mass is 32.2. The summed E-state index contributed by atoms with van der Waals surface area (Å²) in [6.45, 7) is 5.85. The SMILES string of the molecule is Cc1nc2cc(OCC(CN3CCN(CC(=O)Nc4cccc(-c5ccccc5)c4)CC3)NS(C)(=O)=O)ccc2s1. The Balaban J connectivity index is 1.11. The van der Waals surface area contributed by atoms with Crippen molar-refractivity contribution in [2.75, 3.05) is 57.4 Å². The Hall–Kier alpha value is -3.35. The number of hydrogen-bond acceptors (Lipinski definition) is 8. The minimum absolute atomic E-state index is 0.0547. The van der Waals surface area contributed by atoms with E-state index in [9.17, 15) is 13.2 Å². The fourth-order valence-corrected chi connectivity index (χ4v) is 6.54. The van der Waals surface area contributed by atoms with E-state index in [0.717, 1.165) is 51.4 Å². The van der Waals surface area contributed by atoms with Gasteiger partial charge in [0, 0.05) is 44.5 Å². The molecule has 1 aromatic heterocycles. The zero-order valence-electron chi connectivity index (χ0n) is 23.2. The number of anilines is 1. The topological polar surface area (TPSA) is 104 Å². The molecule has 9 nitrogen and oxygen atoms in total. The molecule has 1 atom stereocenters. The number of hydrogen-bond donors (Lipinski definition) is 2. The van der Waals surface area contributed by atoms with Gasteiger partial charge in [0.1, 0.15) is 12.4 Å². The van der Waals surface area contributed by atoms with Crippen LogP contribution in [0.25, 0.3) is 21.3 Å². The molecule has 0 saturated carbocycles. The predicted molar refractivity (Wildman–Crippen MR) is 165 cm³/mol. The Kier molecular flexibility index (Phi) is 9.31. The number of fused-ring (bicyclic) bond motifs is 1. The molecule has 1 fully saturated rings. The summed E-state index contributed by atoms with van der Waals surface area (Å²) in [5, 5.41) is 4.01. The lowest BCUT2D eigenvalue weighted by Crippen LogP contribution is -2.53. The smallest absolute Gasteiger partial charge is 0.238 e. The van der Waals surface area contributed by atoms with E-state index >= 15 is 0 Å². The lowest BCUT2D eigenvalue weighted by atomic mass is 10.1. The van der Waals surface area contributed by atoms with Crippen LogP contribution in [0.15, 0.2) is 72.8 Å². The normalized spacial score (nSPS) is 15.6. The van der Waals surface area contributed by atoms with Gasteiger partial charge in [0.15, 0.2) is 0 Å². The molecule has 0 radical (unpaired) electrons. The lowest BCUT2D eigenvalue weighted by Gasteiger charge is -2.36. The summed E-state index contributed by atoms with van der Waals surface area (Å²) in [4.78, 5) is 21.6. The number of thiazole rings is 1. The second-order valence-corrected chi connectivity index (χ2v) is 13.3. The maximum Gasteiger partial charge on any atom is 0.238 e. The van der Waals surface area contributed by atoms with Gasteiger partial charge in [-0.2, -0.15) is 0 Å². The number of piperazine rings is 1. The Morgan fingerprint density at radius 3 is 2.46 bits per heavy atom. The fraction of sp³-hybridized carbons (Fsp3) is 0.333. The van der Waals surface area contributed by atoms with Crippen molar-refractivity contribution in [3.05, 3.63) is 77.8 Å². The zero-order chi connectivity index (χ0) is 28.8. The Bertz CT molecular complexity index is 1580. The minimum atomic E-state index is -3.42. The molecule has 1 amide bonds. The first-order chi connectivity index (χ1) is 19.7. The van der Waals surface area contributed by atoms with E-state index in [2.05, 4.69) is 24.8 Å². The van der Waals surface area contributed by atoms with Crippen molar-refractivity contribution in [3.63, 3.8) is 0 Å². The third-order valence-corrected chi connectivity index (χ3v) is 8.58. The largest absolute Gasteiger partial charge is 0.492 e. The van der Waals surface area contributed by atoms with Gasteiger partial charge < -0.3 is 10.1 Å². The number of sulfonamides is 1. The summed E-state index contributed by atoms with van der Waals surface area (Å²) < 4.78 is 33.9. The second kappa shape index (κ2) is 13.1. The van der Waals surface area contributed by atoms with Gasteiger partial charge in [-0.1, -0.05) is 42.5 Å². The molecule has 216 valence electrons. The lowest BCUT2D eigenvalue weighted by molar-refractivity contribution is -0.117. The number of amides is 1. The maximum absolute atomic E-state index is 12.8. The summed E-state index contributed by atoms with van der Waals surface area (Å²) in [5.74, 6) is 0.606. The van der Waals surface area contributed by atoms with Crippen LogP contribution in [0.3, 0.4) is 0 Å². The number of rotatable bonds is 11. The molecule has 2 heterocycles. The van der Waals surface area contributed by atoms with Gasteiger partial charge in [0.2, 0.25) is 15.9 Å². The standard InChI is InChI=1S/C30H35N5O4S2/c1-22-31-28-18-27(11-12-29(28)40-22)39-21-26(33-41(2,37)38)19-34-13-15-35(16-14-34)20-30(36)32-25-10-6-9-24(17-25)23-7-4-3-5-8-23/h3-12,17-18,26,33H,13-16,19-21H2,1-2H3,(H,32,36). The summed E-state index contributed by atoms with van der Waals surface area (Å²) in [5.41, 5.74) is 3.80. The third kappa shape index (κ3) is 8.57. The van der Waals surface area contributed by atoms with Crippen molar-refractivity contribution in [3.8, 4) is 16.9 Å². The molecule has 2 N–H and O–H groups in total. The minimum Gasteiger partial charge on any atom is -0.492 e. The molecular formula is C30H35N5O4S2. The molecule has 5 rings (SSSR count). The average Bonchev–Trinajstić information content (AvgIpc) is 3.32. The fourth-order valence-electron chi connectivity index (χ4n) is 4.99. The molecule has 0 bridgehead atoms. The van der Waals surface area contributed by atoms with Crippen molar-refractivity contribution in [1.82, 2.24) is 19.5 Å². The molecule has 1 saturated heterocycles. The van der Waals surface area contributed by atoms with Crippen molar-refractivity contribution < 1.29 is 17.9 Å². The van der Waals surface area contributed by atoms with Gasteiger partial charge in [0.25, 0.3) is 0 Å². The first-order valence-electron chi connectivity index (χ1n) is 13.6. The summed E-state index contributed by atoms with van der Waals surface area (Å²) in [6.07, 6.45) is 1.16. The summed E-state index contributed by atoms with van der Waals surface area (Å²) in [7, 11) is -3.42. The first-order valence-corrected chi connectivity index (χ1v) is 16.3. The molecule has 41 heavy (non-hydrogen) atoms. The summed E-state index contributed by atoms with van der Waals surface area (Å²) in [6, 6.07) is 23.3. The number of aromatic nitrogens is 1. The molecule has 11 heteroatoms. The number of ether oxygens (including phenoxy) is 1. The average molecular weight is 594 g/mol. The van der Waals surface area contributed by atoms with Crippen molar-refractivity contribution in [1.29, 1.82) is 0 Å². The van der Waals surface area contributed by atoms with Gasteiger partial charge in [-0.15, -0.1) is 11.3 Å². The zero-order valence-corrected chi connectivity index (χ0v) is 24.9. The van der Waals surface area contributed by atoms with Crippen LogP contribution in [0.4, 0.5) is 5.69 Å². The van der Waals surface area contributed by atoms with Gasteiger partial charge in [-0.25, -0.2) is 18.1 Å². The number of nitrogens with one attached hydrogen (secondary N) is 2. The molecule has 4 aromatic rings. The highest BCUT2D eigenvalue weighted by molar-refractivity contribution is 7.88. The first kappa shape index (κ1) is 29.2. The van der Waals surface area contributed by atoms with Gasteiger partial charge in [-0.3, -0.25) is 14.6 Å². The molecule has 0 aliphatic carbocycles. The van der Waals surface area contributed by atoms with Crippen LogP contribution in [0.5, 0.6) is 5.75 Å². The quantitative estimate of drug-likeness (QED) is 0.273. The number of aryl methyl sites for hydroxylation is 1. The van der Waals surface area contributed by atoms with Crippen LogP contribution >= 0.6 is 11.3 Å². The van der Waals surface area contributed by atoms with E-state index in [1.807, 2.05) is 79.7 Å². The monoisotopic (exact) mass is 593 g/mol. The molecule has 1 aliphatic rings. The Morgan fingerprint density at radius 2 is 1.71 bits per heavy atom. The molecular weight excluding hydrogens is 558 g/mol. The van der Waals surface area contributed by atoms with Gasteiger partial charge in [-0.05, 0) is 42.3 Å².